The number of rotatable bonds is 4. The third-order valence-electron chi connectivity index (χ3n) is 2.01. The number of urea groups is 1. The number of amidine groups is 1. The number of carbonyl (C=O) groups excluding carboxylic acids is 1. The van der Waals surface area contributed by atoms with Gasteiger partial charge in [-0.05, 0) is 31.2 Å². The second kappa shape index (κ2) is 5.83. The molecule has 0 aliphatic rings. The van der Waals surface area contributed by atoms with E-state index in [1.165, 1.54) is 24.3 Å². The molecule has 5 N–H and O–H groups in total. The zero-order chi connectivity index (χ0) is 12.8. The summed E-state index contributed by atoms with van der Waals surface area (Å²) in [7, 11) is 0. The van der Waals surface area contributed by atoms with Crippen LogP contribution < -0.4 is 16.4 Å². The first-order valence-electron chi connectivity index (χ1n) is 5.13. The fraction of sp³-hybridized carbons (Fsp3) is 0.273. The van der Waals surface area contributed by atoms with Gasteiger partial charge in [-0.2, -0.15) is 0 Å². The maximum absolute atomic E-state index is 12.6. The molecule has 0 aliphatic carbocycles. The van der Waals surface area contributed by atoms with Crippen molar-refractivity contribution >= 4 is 17.6 Å². The molecule has 1 unspecified atom stereocenters. The maximum atomic E-state index is 12.6. The van der Waals surface area contributed by atoms with Crippen molar-refractivity contribution in [1.29, 1.82) is 5.41 Å². The van der Waals surface area contributed by atoms with E-state index in [-0.39, 0.29) is 24.1 Å². The van der Waals surface area contributed by atoms with Crippen LogP contribution in [0.5, 0.6) is 0 Å². The van der Waals surface area contributed by atoms with Gasteiger partial charge in [-0.25, -0.2) is 9.18 Å². The van der Waals surface area contributed by atoms with Gasteiger partial charge < -0.3 is 16.4 Å². The first-order chi connectivity index (χ1) is 7.97. The smallest absolute Gasteiger partial charge is 0.319 e. The van der Waals surface area contributed by atoms with Gasteiger partial charge in [0, 0.05) is 18.2 Å². The highest BCUT2D eigenvalue weighted by Crippen LogP contribution is 2.07. The Bertz CT molecular complexity index is 404. The van der Waals surface area contributed by atoms with Crippen molar-refractivity contribution in [2.24, 2.45) is 5.73 Å². The molecule has 17 heavy (non-hydrogen) atoms. The Hall–Kier alpha value is -2.11. The van der Waals surface area contributed by atoms with Crippen LogP contribution in [0.2, 0.25) is 0 Å². The summed E-state index contributed by atoms with van der Waals surface area (Å²) in [5.74, 6) is -0.347. The Kier molecular flexibility index (Phi) is 4.45. The number of hydrogen-bond donors (Lipinski definition) is 4. The summed E-state index contributed by atoms with van der Waals surface area (Å²) in [4.78, 5) is 11.5. The Balaban J connectivity index is 2.44. The number of anilines is 1. The molecule has 0 saturated heterocycles. The zero-order valence-electron chi connectivity index (χ0n) is 9.46. The van der Waals surface area contributed by atoms with Crippen molar-refractivity contribution in [3.8, 4) is 0 Å². The lowest BCUT2D eigenvalue weighted by atomic mass is 10.2. The van der Waals surface area contributed by atoms with Gasteiger partial charge in [-0.1, -0.05) is 0 Å². The van der Waals surface area contributed by atoms with Gasteiger partial charge >= 0.3 is 6.03 Å². The molecule has 1 aromatic rings. The fourth-order valence-corrected chi connectivity index (χ4v) is 1.31. The van der Waals surface area contributed by atoms with E-state index in [9.17, 15) is 9.18 Å². The standard InChI is InChI=1S/C11H15FN4O/c1-7(6-10(13)14)15-11(17)16-9-4-2-8(12)3-5-9/h2-5,7H,6H2,1H3,(H3,13,14)(H2,15,16,17). The number of hydrogen-bond acceptors (Lipinski definition) is 2. The Labute approximate surface area is 98.7 Å². The second-order valence-corrected chi connectivity index (χ2v) is 3.74. The maximum Gasteiger partial charge on any atom is 0.319 e. The van der Waals surface area contributed by atoms with Gasteiger partial charge in [0.25, 0.3) is 0 Å². The van der Waals surface area contributed by atoms with Crippen LogP contribution in [0.25, 0.3) is 0 Å². The van der Waals surface area contributed by atoms with Gasteiger partial charge in [0.2, 0.25) is 0 Å². The molecule has 0 radical (unpaired) electrons. The quantitative estimate of drug-likeness (QED) is 0.474. The predicted molar refractivity (Wildman–Crippen MR) is 64.5 cm³/mol. The van der Waals surface area contributed by atoms with E-state index in [0.29, 0.717) is 5.69 Å². The summed E-state index contributed by atoms with van der Waals surface area (Å²) >= 11 is 0. The third-order valence-corrected chi connectivity index (χ3v) is 2.01. The van der Waals surface area contributed by atoms with Crippen LogP contribution >= 0.6 is 0 Å². The van der Waals surface area contributed by atoms with Crippen molar-refractivity contribution in [3.63, 3.8) is 0 Å². The molecule has 2 amide bonds. The molecule has 1 aromatic carbocycles. The minimum absolute atomic E-state index is 0.0135. The molecular formula is C11H15FN4O. The zero-order valence-corrected chi connectivity index (χ0v) is 9.46. The van der Waals surface area contributed by atoms with Crippen molar-refractivity contribution in [1.82, 2.24) is 5.32 Å². The van der Waals surface area contributed by atoms with Crippen molar-refractivity contribution in [2.45, 2.75) is 19.4 Å². The van der Waals surface area contributed by atoms with Crippen molar-refractivity contribution in [3.05, 3.63) is 30.1 Å². The topological polar surface area (TPSA) is 91.0 Å². The summed E-state index contributed by atoms with van der Waals surface area (Å²) in [6.07, 6.45) is 0.289. The molecule has 1 rings (SSSR count). The predicted octanol–water partition coefficient (Wildman–Crippen LogP) is 1.66. The SMILES string of the molecule is CC(CC(=N)N)NC(=O)Nc1ccc(F)cc1. The van der Waals surface area contributed by atoms with E-state index < -0.39 is 6.03 Å². The van der Waals surface area contributed by atoms with Gasteiger partial charge in [-0.15, -0.1) is 0 Å². The van der Waals surface area contributed by atoms with E-state index in [1.54, 1.807) is 6.92 Å². The van der Waals surface area contributed by atoms with Crippen LogP contribution in [0.1, 0.15) is 13.3 Å². The van der Waals surface area contributed by atoms with Crippen molar-refractivity contribution < 1.29 is 9.18 Å². The monoisotopic (exact) mass is 238 g/mol. The number of carbonyl (C=O) groups is 1. The average Bonchev–Trinajstić information content (AvgIpc) is 2.19. The third kappa shape index (κ3) is 4.96. The fourth-order valence-electron chi connectivity index (χ4n) is 1.31. The largest absolute Gasteiger partial charge is 0.388 e. The highest BCUT2D eigenvalue weighted by molar-refractivity contribution is 5.89. The normalized spacial score (nSPS) is 11.6. The van der Waals surface area contributed by atoms with Gasteiger partial charge in [0.15, 0.2) is 0 Å². The number of benzene rings is 1. The van der Waals surface area contributed by atoms with Gasteiger partial charge in [0.05, 0.1) is 5.84 Å². The minimum atomic E-state index is -0.412. The van der Waals surface area contributed by atoms with E-state index in [1.807, 2.05) is 0 Å². The van der Waals surface area contributed by atoms with Crippen LogP contribution in [0.4, 0.5) is 14.9 Å². The molecule has 5 nitrogen and oxygen atoms in total. The summed E-state index contributed by atoms with van der Waals surface area (Å²) in [5.41, 5.74) is 5.71. The summed E-state index contributed by atoms with van der Waals surface area (Å²) in [6, 6.07) is 4.80. The number of amides is 2. The van der Waals surface area contributed by atoms with Crippen LogP contribution in [0.15, 0.2) is 24.3 Å². The van der Waals surface area contributed by atoms with E-state index in [4.69, 9.17) is 11.1 Å². The Morgan fingerprint density at radius 2 is 2.06 bits per heavy atom. The molecule has 92 valence electrons. The van der Waals surface area contributed by atoms with Gasteiger partial charge in [0.1, 0.15) is 5.82 Å². The molecule has 6 heteroatoms. The van der Waals surface area contributed by atoms with E-state index in [0.717, 1.165) is 0 Å². The Morgan fingerprint density at radius 1 is 1.47 bits per heavy atom. The molecule has 0 bridgehead atoms. The number of nitrogens with two attached hydrogens (primary N) is 1. The highest BCUT2D eigenvalue weighted by atomic mass is 19.1. The number of nitrogens with one attached hydrogen (secondary N) is 3. The molecule has 0 spiro atoms. The molecule has 1 atom stereocenters. The molecule has 0 heterocycles. The molecule has 0 saturated carbocycles. The molecule has 0 aromatic heterocycles. The minimum Gasteiger partial charge on any atom is -0.388 e. The van der Waals surface area contributed by atoms with Gasteiger partial charge in [-0.3, -0.25) is 5.41 Å². The van der Waals surface area contributed by atoms with E-state index in [2.05, 4.69) is 10.6 Å². The van der Waals surface area contributed by atoms with Crippen LogP contribution in [0, 0.1) is 11.2 Å². The first kappa shape index (κ1) is 13.0. The number of halogens is 1. The summed E-state index contributed by atoms with van der Waals surface area (Å²) in [6.45, 7) is 1.74. The van der Waals surface area contributed by atoms with Crippen LogP contribution in [-0.4, -0.2) is 17.9 Å². The van der Waals surface area contributed by atoms with E-state index >= 15 is 0 Å². The van der Waals surface area contributed by atoms with Crippen LogP contribution in [0.3, 0.4) is 0 Å². The summed E-state index contributed by atoms with van der Waals surface area (Å²) < 4.78 is 12.6. The second-order valence-electron chi connectivity index (χ2n) is 3.74. The lowest BCUT2D eigenvalue weighted by Gasteiger charge is -2.13. The van der Waals surface area contributed by atoms with Crippen molar-refractivity contribution in [2.75, 3.05) is 5.32 Å². The molecule has 0 aliphatic heterocycles. The lowest BCUT2D eigenvalue weighted by Crippen LogP contribution is -2.38. The Morgan fingerprint density at radius 3 is 2.59 bits per heavy atom. The summed E-state index contributed by atoms with van der Waals surface area (Å²) in [5, 5.41) is 12.2. The highest BCUT2D eigenvalue weighted by Gasteiger charge is 2.08. The lowest BCUT2D eigenvalue weighted by molar-refractivity contribution is 0.249. The molecule has 0 fully saturated rings. The van der Waals surface area contributed by atoms with Crippen LogP contribution in [-0.2, 0) is 0 Å². The molecular weight excluding hydrogens is 223 g/mol. The average molecular weight is 238 g/mol. The first-order valence-corrected chi connectivity index (χ1v) is 5.13.